The second-order valence-electron chi connectivity index (χ2n) is 2.76. The van der Waals surface area contributed by atoms with E-state index in [1.165, 1.54) is 6.33 Å². The van der Waals surface area contributed by atoms with Gasteiger partial charge < -0.3 is 0 Å². The minimum Gasteiger partial charge on any atom is -0.254 e. The first-order valence-corrected chi connectivity index (χ1v) is 5.28. The van der Waals surface area contributed by atoms with Gasteiger partial charge in [0, 0.05) is 11.7 Å². The molecule has 1 fully saturated rings. The fourth-order valence-electron chi connectivity index (χ4n) is 0.894. The predicted molar refractivity (Wildman–Crippen MR) is 49.7 cm³/mol. The van der Waals surface area contributed by atoms with E-state index < -0.39 is 4.33 Å². The zero-order valence-electron chi connectivity index (χ0n) is 6.13. The highest BCUT2D eigenvalue weighted by atomic mass is 35.5. The number of rotatable bonds is 3. The summed E-state index contributed by atoms with van der Waals surface area (Å²) in [5.41, 5.74) is 0. The van der Waals surface area contributed by atoms with Crippen LogP contribution in [0.2, 0.25) is 0 Å². The van der Waals surface area contributed by atoms with Crippen LogP contribution in [-0.4, -0.2) is 25.3 Å². The Labute approximate surface area is 84.2 Å². The molecule has 0 unspecified atom stereocenters. The van der Waals surface area contributed by atoms with Gasteiger partial charge in [0.25, 0.3) is 0 Å². The number of nitrogens with one attached hydrogen (secondary N) is 1. The molecule has 0 aromatic carbocycles. The van der Waals surface area contributed by atoms with Crippen molar-refractivity contribution in [2.24, 2.45) is 5.92 Å². The summed E-state index contributed by atoms with van der Waals surface area (Å²) in [4.78, 5) is 3.97. The Morgan fingerprint density at radius 1 is 1.75 bits per heavy atom. The Balaban J connectivity index is 1.78. The maximum absolute atomic E-state index is 5.85. The Bertz CT molecular complexity index is 262. The number of hydrogen-bond acceptors (Lipinski definition) is 3. The number of nitrogens with zero attached hydrogens (tertiary/aromatic N) is 2. The summed E-state index contributed by atoms with van der Waals surface area (Å²) in [5, 5.41) is 7.32. The average molecular weight is 224 g/mol. The Morgan fingerprint density at radius 2 is 2.50 bits per heavy atom. The summed E-state index contributed by atoms with van der Waals surface area (Å²) >= 11 is 13.3. The standard InChI is InChI=1S/C6H7Cl2N3S/c7-6(8)1-4(6)2-12-5-9-3-10-11-5/h3-4H,1-2H2,(H,9,10,11)/t4-/m1/s1. The summed E-state index contributed by atoms with van der Waals surface area (Å²) in [5.74, 6) is 1.30. The van der Waals surface area contributed by atoms with Crippen molar-refractivity contribution in [3.05, 3.63) is 6.33 Å². The van der Waals surface area contributed by atoms with Gasteiger partial charge in [-0.3, -0.25) is 5.10 Å². The Hall–Kier alpha value is 0.0700. The smallest absolute Gasteiger partial charge is 0.183 e. The molecule has 0 amide bonds. The van der Waals surface area contributed by atoms with E-state index in [1.54, 1.807) is 11.8 Å². The van der Waals surface area contributed by atoms with Crippen molar-refractivity contribution < 1.29 is 0 Å². The number of halogens is 2. The number of hydrogen-bond donors (Lipinski definition) is 1. The zero-order chi connectivity index (χ0) is 8.60. The third-order valence-electron chi connectivity index (χ3n) is 1.77. The summed E-state index contributed by atoms with van der Waals surface area (Å²) in [6.45, 7) is 0. The van der Waals surface area contributed by atoms with Crippen molar-refractivity contribution in [1.29, 1.82) is 0 Å². The van der Waals surface area contributed by atoms with Gasteiger partial charge in [-0.15, -0.1) is 23.2 Å². The maximum atomic E-state index is 5.85. The molecule has 6 heteroatoms. The fraction of sp³-hybridized carbons (Fsp3) is 0.667. The molecule has 0 bridgehead atoms. The highest BCUT2D eigenvalue weighted by molar-refractivity contribution is 7.99. The number of alkyl halides is 2. The molecule has 1 N–H and O–H groups in total. The molecule has 0 saturated heterocycles. The van der Waals surface area contributed by atoms with E-state index in [2.05, 4.69) is 15.2 Å². The molecule has 1 aromatic heterocycles. The van der Waals surface area contributed by atoms with Gasteiger partial charge in [0.05, 0.1) is 0 Å². The van der Waals surface area contributed by atoms with Gasteiger partial charge in [-0.25, -0.2) is 4.98 Å². The first kappa shape index (κ1) is 8.66. The molecular formula is C6H7Cl2N3S. The summed E-state index contributed by atoms with van der Waals surface area (Å²) in [6.07, 6.45) is 2.38. The Morgan fingerprint density at radius 3 is 3.00 bits per heavy atom. The molecule has 3 nitrogen and oxygen atoms in total. The van der Waals surface area contributed by atoms with E-state index >= 15 is 0 Å². The predicted octanol–water partition coefficient (Wildman–Crippen LogP) is 2.09. The molecule has 1 heterocycles. The number of H-pyrrole nitrogens is 1. The van der Waals surface area contributed by atoms with Crippen molar-refractivity contribution in [2.45, 2.75) is 15.9 Å². The summed E-state index contributed by atoms with van der Waals surface area (Å²) in [6, 6.07) is 0. The van der Waals surface area contributed by atoms with E-state index in [0.29, 0.717) is 5.92 Å². The molecule has 2 rings (SSSR count). The van der Waals surface area contributed by atoms with Gasteiger partial charge in [0.15, 0.2) is 5.16 Å². The first-order chi connectivity index (χ1) is 5.68. The van der Waals surface area contributed by atoms with Gasteiger partial charge in [-0.2, -0.15) is 5.10 Å². The van der Waals surface area contributed by atoms with Gasteiger partial charge in [0.1, 0.15) is 10.7 Å². The Kier molecular flexibility index (Phi) is 2.23. The van der Waals surface area contributed by atoms with Crippen molar-refractivity contribution >= 4 is 35.0 Å². The molecule has 1 saturated carbocycles. The quantitative estimate of drug-likeness (QED) is 0.631. The van der Waals surface area contributed by atoms with E-state index in [-0.39, 0.29) is 0 Å². The third kappa shape index (κ3) is 1.87. The lowest BCUT2D eigenvalue weighted by molar-refractivity contribution is 0.944. The molecule has 0 aliphatic heterocycles. The molecule has 12 heavy (non-hydrogen) atoms. The molecule has 1 atom stereocenters. The number of aromatic nitrogens is 3. The van der Waals surface area contributed by atoms with Crippen LogP contribution in [0, 0.1) is 5.92 Å². The van der Waals surface area contributed by atoms with Crippen LogP contribution >= 0.6 is 35.0 Å². The maximum Gasteiger partial charge on any atom is 0.183 e. The van der Waals surface area contributed by atoms with Crippen LogP contribution in [0.4, 0.5) is 0 Å². The second-order valence-corrected chi connectivity index (χ2v) is 5.31. The molecule has 0 radical (unpaired) electrons. The van der Waals surface area contributed by atoms with Crippen LogP contribution in [0.5, 0.6) is 0 Å². The molecule has 1 aliphatic rings. The minimum absolute atomic E-state index is 0.399. The van der Waals surface area contributed by atoms with Crippen LogP contribution in [0.3, 0.4) is 0 Å². The largest absolute Gasteiger partial charge is 0.254 e. The molecular weight excluding hydrogens is 217 g/mol. The van der Waals surface area contributed by atoms with Crippen molar-refractivity contribution in [1.82, 2.24) is 15.2 Å². The van der Waals surface area contributed by atoms with Crippen molar-refractivity contribution in [2.75, 3.05) is 5.75 Å². The van der Waals surface area contributed by atoms with E-state index in [9.17, 15) is 0 Å². The van der Waals surface area contributed by atoms with Gasteiger partial charge >= 0.3 is 0 Å². The fourth-order valence-corrected chi connectivity index (χ4v) is 2.60. The lowest BCUT2D eigenvalue weighted by Crippen LogP contribution is -1.93. The normalized spacial score (nSPS) is 25.7. The number of aromatic amines is 1. The van der Waals surface area contributed by atoms with Gasteiger partial charge in [-0.1, -0.05) is 11.8 Å². The molecule has 1 aromatic rings. The molecule has 1 aliphatic carbocycles. The van der Waals surface area contributed by atoms with Gasteiger partial charge in [0.2, 0.25) is 0 Å². The van der Waals surface area contributed by atoms with Crippen LogP contribution < -0.4 is 0 Å². The van der Waals surface area contributed by atoms with E-state index in [4.69, 9.17) is 23.2 Å². The first-order valence-electron chi connectivity index (χ1n) is 3.54. The van der Waals surface area contributed by atoms with Crippen LogP contribution in [0.15, 0.2) is 11.5 Å². The SMILES string of the molecule is ClC1(Cl)C[C@@H]1CSc1ncn[nH]1. The van der Waals surface area contributed by atoms with Crippen LogP contribution in [0.25, 0.3) is 0 Å². The van der Waals surface area contributed by atoms with Crippen molar-refractivity contribution in [3.8, 4) is 0 Å². The lowest BCUT2D eigenvalue weighted by Gasteiger charge is -1.96. The topological polar surface area (TPSA) is 41.6 Å². The average Bonchev–Trinajstić information content (AvgIpc) is 2.54. The van der Waals surface area contributed by atoms with E-state index in [0.717, 1.165) is 17.3 Å². The van der Waals surface area contributed by atoms with Crippen LogP contribution in [0.1, 0.15) is 6.42 Å². The molecule has 0 spiro atoms. The second kappa shape index (κ2) is 3.09. The highest BCUT2D eigenvalue weighted by Gasteiger charge is 2.51. The van der Waals surface area contributed by atoms with Crippen LogP contribution in [-0.2, 0) is 0 Å². The minimum atomic E-state index is -0.479. The van der Waals surface area contributed by atoms with Gasteiger partial charge in [-0.05, 0) is 6.42 Å². The third-order valence-corrected chi connectivity index (χ3v) is 3.73. The molecule has 66 valence electrons. The highest BCUT2D eigenvalue weighted by Crippen LogP contribution is 2.54. The van der Waals surface area contributed by atoms with E-state index in [1.807, 2.05) is 0 Å². The monoisotopic (exact) mass is 223 g/mol. The summed E-state index contributed by atoms with van der Waals surface area (Å²) < 4.78 is -0.479. The zero-order valence-corrected chi connectivity index (χ0v) is 8.46. The summed E-state index contributed by atoms with van der Waals surface area (Å²) in [7, 11) is 0. The number of thioether (sulfide) groups is 1. The van der Waals surface area contributed by atoms with Crippen molar-refractivity contribution in [3.63, 3.8) is 0 Å². The lowest BCUT2D eigenvalue weighted by atomic mass is 10.5.